The average Bonchev–Trinajstić information content (AvgIpc) is 3.35. The Morgan fingerprint density at radius 2 is 1.53 bits per heavy atom. The van der Waals surface area contributed by atoms with Gasteiger partial charge in [-0.1, -0.05) is 18.2 Å². The molecule has 1 atom stereocenters. The van der Waals surface area contributed by atoms with Crippen molar-refractivity contribution in [3.05, 3.63) is 95.7 Å². The number of carbonyl (C=O) groups is 1. The van der Waals surface area contributed by atoms with Crippen molar-refractivity contribution in [1.82, 2.24) is 24.7 Å². The molecule has 7 nitrogen and oxygen atoms in total. The first-order chi connectivity index (χ1) is 20.2. The molecule has 0 bridgehead atoms. The molecule has 0 amide bonds. The number of alkyl halides is 6. The third-order valence-corrected chi connectivity index (χ3v) is 6.27. The fourth-order valence-electron chi connectivity index (χ4n) is 4.35. The second-order valence-electron chi connectivity index (χ2n) is 9.68. The normalized spacial score (nSPS) is 13.0. The molecule has 0 radical (unpaired) electrons. The molecule has 0 saturated carbocycles. The largest absolute Gasteiger partial charge is 0.461 e. The van der Waals surface area contributed by atoms with Crippen LogP contribution in [0.2, 0.25) is 0 Å². The van der Waals surface area contributed by atoms with Gasteiger partial charge in [-0.3, -0.25) is 0 Å². The Balaban J connectivity index is 1.55. The molecule has 1 aromatic heterocycles. The highest BCUT2D eigenvalue weighted by Crippen LogP contribution is 2.40. The summed E-state index contributed by atoms with van der Waals surface area (Å²) in [5.74, 6) is -1.18. The Labute approximate surface area is 239 Å². The summed E-state index contributed by atoms with van der Waals surface area (Å²) in [5.41, 5.74) is -3.16. The summed E-state index contributed by atoms with van der Waals surface area (Å²) in [7, 11) is 0. The minimum Gasteiger partial charge on any atom is -0.461 e. The highest BCUT2D eigenvalue weighted by atomic mass is 19.4. The van der Waals surface area contributed by atoms with Gasteiger partial charge in [0.05, 0.1) is 39.9 Å². The van der Waals surface area contributed by atoms with Crippen LogP contribution in [0.25, 0.3) is 34.0 Å². The maximum Gasteiger partial charge on any atom is 0.417 e. The van der Waals surface area contributed by atoms with Gasteiger partial charge >= 0.3 is 18.3 Å². The minimum atomic E-state index is -5.12. The van der Waals surface area contributed by atoms with Crippen LogP contribution in [0.15, 0.2) is 73.1 Å². The Morgan fingerprint density at radius 1 is 0.814 bits per heavy atom. The van der Waals surface area contributed by atoms with Crippen LogP contribution in [-0.4, -0.2) is 36.8 Å². The smallest absolute Gasteiger partial charge is 0.417 e. The van der Waals surface area contributed by atoms with Crippen molar-refractivity contribution in [2.45, 2.75) is 38.3 Å². The average molecular weight is 603 g/mol. The second-order valence-corrected chi connectivity index (χ2v) is 9.68. The second kappa shape index (κ2) is 11.1. The van der Waals surface area contributed by atoms with Crippen molar-refractivity contribution < 1.29 is 40.3 Å². The maximum atomic E-state index is 14.3. The van der Waals surface area contributed by atoms with Crippen LogP contribution in [0.3, 0.4) is 0 Å². The van der Waals surface area contributed by atoms with Crippen molar-refractivity contribution in [1.29, 1.82) is 0 Å². The number of aromatic nitrogens is 5. The van der Waals surface area contributed by atoms with E-state index in [1.807, 2.05) is 0 Å². The molecule has 2 aliphatic rings. The van der Waals surface area contributed by atoms with Crippen LogP contribution in [0.1, 0.15) is 36.7 Å². The number of hydrogen-bond acceptors (Lipinski definition) is 6. The lowest BCUT2D eigenvalue weighted by Crippen LogP contribution is -2.26. The zero-order chi connectivity index (χ0) is 31.1. The number of nitrogens with zero attached hydrogens (tertiary/aromatic N) is 5. The van der Waals surface area contributed by atoms with E-state index >= 15 is 0 Å². The molecule has 0 spiro atoms. The summed E-state index contributed by atoms with van der Waals surface area (Å²) in [6.45, 7) is 3.23. The van der Waals surface area contributed by atoms with Gasteiger partial charge < -0.3 is 9.30 Å². The van der Waals surface area contributed by atoms with E-state index in [1.54, 1.807) is 19.9 Å². The molecule has 0 aliphatic carbocycles. The van der Waals surface area contributed by atoms with Crippen molar-refractivity contribution >= 4 is 5.97 Å². The first-order valence-electron chi connectivity index (χ1n) is 12.7. The van der Waals surface area contributed by atoms with Crippen LogP contribution in [0, 0.1) is 5.82 Å². The molecular weight excluding hydrogens is 583 g/mol. The standard InChI is InChI=1S/C29H20F7N5O2/c1-15(2)43-27(42)25(41-12-11-22-24(14-41)38-26(37-22)18-5-3-4-6-20(18)30)23-10-9-21(39-40-23)17-8-7-16(28(31,32)33)13-19(17)29(34,35)36/h3-15,25H,1-2H3. The lowest BCUT2D eigenvalue weighted by Gasteiger charge is -2.21. The summed E-state index contributed by atoms with van der Waals surface area (Å²) >= 11 is 0. The van der Waals surface area contributed by atoms with Gasteiger partial charge in [0, 0.05) is 18.0 Å². The monoisotopic (exact) mass is 603 g/mol. The van der Waals surface area contributed by atoms with E-state index in [2.05, 4.69) is 20.2 Å². The quantitative estimate of drug-likeness (QED) is 0.151. The maximum absolute atomic E-state index is 14.3. The molecular formula is C29H20F7N5O2. The molecule has 0 fully saturated rings. The van der Waals surface area contributed by atoms with Crippen molar-refractivity contribution in [2.24, 2.45) is 0 Å². The molecule has 0 saturated heterocycles. The van der Waals surface area contributed by atoms with Crippen LogP contribution in [0.4, 0.5) is 30.7 Å². The number of benzene rings is 2. The van der Waals surface area contributed by atoms with Gasteiger partial charge in [-0.05, 0) is 56.3 Å². The molecule has 43 heavy (non-hydrogen) atoms. The number of pyridine rings is 1. The highest BCUT2D eigenvalue weighted by molar-refractivity contribution is 5.78. The molecule has 3 heterocycles. The third kappa shape index (κ3) is 6.17. The molecule has 3 aromatic rings. The predicted octanol–water partition coefficient (Wildman–Crippen LogP) is 7.22. The number of rotatable bonds is 6. The molecule has 2 aromatic carbocycles. The summed E-state index contributed by atoms with van der Waals surface area (Å²) < 4.78 is 101. The zero-order valence-corrected chi connectivity index (χ0v) is 22.3. The number of fused-ring (bicyclic) bond motifs is 1. The van der Waals surface area contributed by atoms with Crippen LogP contribution < -0.4 is 0 Å². The number of ether oxygens (including phenoxy) is 1. The Bertz CT molecular complexity index is 1750. The Hall–Kier alpha value is -4.88. The van der Waals surface area contributed by atoms with Gasteiger partial charge in [-0.2, -0.15) is 36.5 Å². The van der Waals surface area contributed by atoms with Gasteiger partial charge in [0.25, 0.3) is 0 Å². The topological polar surface area (TPSA) is 82.8 Å². The van der Waals surface area contributed by atoms with Gasteiger partial charge in [-0.15, -0.1) is 0 Å². The van der Waals surface area contributed by atoms with Crippen LogP contribution in [0.5, 0.6) is 0 Å². The summed E-state index contributed by atoms with van der Waals surface area (Å²) in [5, 5.41) is 7.77. The van der Waals surface area contributed by atoms with E-state index in [9.17, 15) is 35.5 Å². The molecule has 2 aliphatic heterocycles. The van der Waals surface area contributed by atoms with Gasteiger partial charge in [-0.25, -0.2) is 19.2 Å². The lowest BCUT2D eigenvalue weighted by atomic mass is 10.00. The number of esters is 1. The molecule has 222 valence electrons. The van der Waals surface area contributed by atoms with Gasteiger partial charge in [0.15, 0.2) is 11.9 Å². The third-order valence-electron chi connectivity index (χ3n) is 6.27. The predicted molar refractivity (Wildman–Crippen MR) is 139 cm³/mol. The van der Waals surface area contributed by atoms with E-state index in [1.165, 1.54) is 47.3 Å². The van der Waals surface area contributed by atoms with Crippen LogP contribution in [-0.2, 0) is 21.9 Å². The Kier molecular flexibility index (Phi) is 7.63. The molecule has 0 N–H and O–H groups in total. The van der Waals surface area contributed by atoms with Gasteiger partial charge in [0.2, 0.25) is 0 Å². The number of imidazole rings is 1. The molecule has 5 rings (SSSR count). The Morgan fingerprint density at radius 3 is 2.16 bits per heavy atom. The molecule has 1 unspecified atom stereocenters. The van der Waals surface area contributed by atoms with Crippen molar-refractivity contribution in [3.63, 3.8) is 0 Å². The summed E-state index contributed by atoms with van der Waals surface area (Å²) in [4.78, 5) is 21.9. The highest BCUT2D eigenvalue weighted by Gasteiger charge is 2.39. The summed E-state index contributed by atoms with van der Waals surface area (Å²) in [6, 6.07) is 9.72. The van der Waals surface area contributed by atoms with E-state index in [4.69, 9.17) is 4.74 Å². The number of carbonyl (C=O) groups excluding carboxylic acids is 1. The lowest BCUT2D eigenvalue weighted by molar-refractivity contribution is -0.150. The van der Waals surface area contributed by atoms with Crippen LogP contribution >= 0.6 is 0 Å². The van der Waals surface area contributed by atoms with E-state index in [0.717, 1.165) is 6.07 Å². The SMILES string of the molecule is CC(C)OC(=O)C(c1ccc(-c2ccc(C(F)(F)F)cc2C(F)(F)F)nn1)n1ccc2nc(-c3ccccc3F)nc-2c1. The fourth-order valence-corrected chi connectivity index (χ4v) is 4.35. The minimum absolute atomic E-state index is 0.00920. The van der Waals surface area contributed by atoms with E-state index in [-0.39, 0.29) is 28.8 Å². The number of halogens is 7. The zero-order valence-electron chi connectivity index (χ0n) is 22.3. The first kappa shape index (κ1) is 29.6. The van der Waals surface area contributed by atoms with E-state index < -0.39 is 53.0 Å². The molecule has 14 heteroatoms. The first-order valence-corrected chi connectivity index (χ1v) is 12.7. The van der Waals surface area contributed by atoms with Crippen molar-refractivity contribution in [3.8, 4) is 34.0 Å². The fraction of sp³-hybridized carbons (Fsp3) is 0.207. The van der Waals surface area contributed by atoms with E-state index in [0.29, 0.717) is 23.5 Å². The van der Waals surface area contributed by atoms with Crippen molar-refractivity contribution in [2.75, 3.05) is 0 Å². The van der Waals surface area contributed by atoms with Gasteiger partial charge in [0.1, 0.15) is 11.5 Å². The summed E-state index contributed by atoms with van der Waals surface area (Å²) in [6.07, 6.45) is -7.72. The number of hydrogen-bond donors (Lipinski definition) is 0.